The maximum absolute atomic E-state index is 12.6. The number of ketones is 1. The summed E-state index contributed by atoms with van der Waals surface area (Å²) in [7, 11) is 1.30. The number of nitrogens with zero attached hydrogens (tertiary/aromatic N) is 1. The molecule has 7 nitrogen and oxygen atoms in total. The molecule has 0 bridgehead atoms. The molecule has 7 heteroatoms. The van der Waals surface area contributed by atoms with Crippen LogP contribution in [0.2, 0.25) is 0 Å². The summed E-state index contributed by atoms with van der Waals surface area (Å²) in [6.07, 6.45) is 0.825. The molecule has 0 aliphatic heterocycles. The van der Waals surface area contributed by atoms with Crippen LogP contribution in [-0.4, -0.2) is 30.4 Å². The standard InChI is InChI=1S/C23H17NO6/c1-29-22-9-8-17(12-20(22)24(27)28)23(26)30-13-21(25)16-7-6-15-10-14-4-2-3-5-18(14)19(15)11-16/h2-9,11-12H,10,13H2,1H3. The first-order valence-corrected chi connectivity index (χ1v) is 9.22. The molecule has 0 heterocycles. The number of ether oxygens (including phenoxy) is 2. The fourth-order valence-electron chi connectivity index (χ4n) is 3.55. The lowest BCUT2D eigenvalue weighted by Crippen LogP contribution is -2.14. The molecule has 0 saturated heterocycles. The molecule has 3 aromatic rings. The molecule has 150 valence electrons. The molecule has 30 heavy (non-hydrogen) atoms. The Morgan fingerprint density at radius 1 is 0.967 bits per heavy atom. The van der Waals surface area contributed by atoms with E-state index < -0.39 is 17.5 Å². The van der Waals surface area contributed by atoms with E-state index in [2.05, 4.69) is 6.07 Å². The number of fused-ring (bicyclic) bond motifs is 3. The van der Waals surface area contributed by atoms with Crippen molar-refractivity contribution in [3.05, 3.63) is 93.0 Å². The highest BCUT2D eigenvalue weighted by molar-refractivity contribution is 6.01. The Balaban J connectivity index is 1.48. The molecule has 0 aromatic heterocycles. The van der Waals surface area contributed by atoms with Crippen LogP contribution >= 0.6 is 0 Å². The Kier molecular flexibility index (Phi) is 5.02. The van der Waals surface area contributed by atoms with E-state index in [4.69, 9.17) is 9.47 Å². The van der Waals surface area contributed by atoms with Gasteiger partial charge in [0.2, 0.25) is 0 Å². The summed E-state index contributed by atoms with van der Waals surface area (Å²) in [6.45, 7) is -0.459. The molecule has 0 N–H and O–H groups in total. The summed E-state index contributed by atoms with van der Waals surface area (Å²) in [4.78, 5) is 35.3. The van der Waals surface area contributed by atoms with Gasteiger partial charge in [-0.25, -0.2) is 4.79 Å². The third-order valence-corrected chi connectivity index (χ3v) is 5.07. The van der Waals surface area contributed by atoms with E-state index in [9.17, 15) is 19.7 Å². The van der Waals surface area contributed by atoms with E-state index >= 15 is 0 Å². The third-order valence-electron chi connectivity index (χ3n) is 5.07. The van der Waals surface area contributed by atoms with Gasteiger partial charge in [-0.05, 0) is 46.9 Å². The van der Waals surface area contributed by atoms with Crippen molar-refractivity contribution in [2.75, 3.05) is 13.7 Å². The van der Waals surface area contributed by atoms with Crippen molar-refractivity contribution in [3.63, 3.8) is 0 Å². The van der Waals surface area contributed by atoms with Crippen molar-refractivity contribution >= 4 is 17.4 Å². The van der Waals surface area contributed by atoms with Gasteiger partial charge in [-0.3, -0.25) is 14.9 Å². The predicted octanol–water partition coefficient (Wildman–Crippen LogP) is 4.21. The van der Waals surface area contributed by atoms with Crippen molar-refractivity contribution in [1.82, 2.24) is 0 Å². The zero-order valence-electron chi connectivity index (χ0n) is 16.1. The Labute approximate surface area is 172 Å². The first kappa shape index (κ1) is 19.3. The highest BCUT2D eigenvalue weighted by atomic mass is 16.6. The van der Waals surface area contributed by atoms with Crippen molar-refractivity contribution in [3.8, 4) is 16.9 Å². The molecule has 0 spiro atoms. The average molecular weight is 403 g/mol. The van der Waals surface area contributed by atoms with Gasteiger partial charge >= 0.3 is 11.7 Å². The molecule has 4 rings (SSSR count). The van der Waals surface area contributed by atoms with Gasteiger partial charge < -0.3 is 9.47 Å². The number of hydrogen-bond donors (Lipinski definition) is 0. The fourth-order valence-corrected chi connectivity index (χ4v) is 3.55. The first-order chi connectivity index (χ1) is 14.5. The van der Waals surface area contributed by atoms with Crippen LogP contribution in [0.4, 0.5) is 5.69 Å². The molecule has 0 radical (unpaired) electrons. The average Bonchev–Trinajstić information content (AvgIpc) is 3.14. The molecule has 0 amide bonds. The molecule has 3 aromatic carbocycles. The minimum Gasteiger partial charge on any atom is -0.490 e. The topological polar surface area (TPSA) is 95.7 Å². The Morgan fingerprint density at radius 2 is 1.70 bits per heavy atom. The van der Waals surface area contributed by atoms with Crippen molar-refractivity contribution in [2.24, 2.45) is 0 Å². The van der Waals surface area contributed by atoms with Gasteiger partial charge in [0, 0.05) is 11.6 Å². The Bertz CT molecular complexity index is 1180. The Hall–Kier alpha value is -4.00. The molecular weight excluding hydrogens is 386 g/mol. The van der Waals surface area contributed by atoms with Gasteiger partial charge in [0.05, 0.1) is 17.6 Å². The van der Waals surface area contributed by atoms with Gasteiger partial charge in [-0.2, -0.15) is 0 Å². The molecule has 0 atom stereocenters. The number of esters is 1. The van der Waals surface area contributed by atoms with Gasteiger partial charge in [0.15, 0.2) is 18.1 Å². The lowest BCUT2D eigenvalue weighted by molar-refractivity contribution is -0.385. The normalized spacial score (nSPS) is 11.4. The number of nitro benzene ring substituents is 1. The van der Waals surface area contributed by atoms with Crippen LogP contribution in [0, 0.1) is 10.1 Å². The monoisotopic (exact) mass is 403 g/mol. The van der Waals surface area contributed by atoms with E-state index in [-0.39, 0.29) is 22.8 Å². The van der Waals surface area contributed by atoms with E-state index in [1.807, 2.05) is 30.3 Å². The minimum atomic E-state index is -0.819. The van der Waals surface area contributed by atoms with Gasteiger partial charge in [-0.15, -0.1) is 0 Å². The van der Waals surface area contributed by atoms with Crippen LogP contribution in [0.1, 0.15) is 31.8 Å². The van der Waals surface area contributed by atoms with Crippen LogP contribution in [0.3, 0.4) is 0 Å². The molecule has 0 fully saturated rings. The quantitative estimate of drug-likeness (QED) is 0.207. The third kappa shape index (κ3) is 3.53. The van der Waals surface area contributed by atoms with Gasteiger partial charge in [-0.1, -0.05) is 36.4 Å². The van der Waals surface area contributed by atoms with Crippen molar-refractivity contribution < 1.29 is 24.0 Å². The zero-order valence-corrected chi connectivity index (χ0v) is 16.1. The number of methoxy groups -OCH3 is 1. The molecule has 0 unspecified atom stereocenters. The highest BCUT2D eigenvalue weighted by Gasteiger charge is 2.22. The van der Waals surface area contributed by atoms with Crippen LogP contribution in [-0.2, 0) is 11.2 Å². The second-order valence-electron chi connectivity index (χ2n) is 6.85. The fraction of sp³-hybridized carbons (Fsp3) is 0.130. The molecular formula is C23H17NO6. The zero-order chi connectivity index (χ0) is 21.3. The Morgan fingerprint density at radius 3 is 2.47 bits per heavy atom. The summed E-state index contributed by atoms with van der Waals surface area (Å²) in [6, 6.07) is 17.2. The predicted molar refractivity (Wildman–Crippen MR) is 109 cm³/mol. The van der Waals surface area contributed by atoms with Crippen molar-refractivity contribution in [1.29, 1.82) is 0 Å². The number of hydrogen-bond acceptors (Lipinski definition) is 6. The smallest absolute Gasteiger partial charge is 0.338 e. The number of Topliss-reactive ketones (excluding diaryl/α,β-unsaturated/α-hetero) is 1. The number of benzene rings is 3. The summed E-state index contributed by atoms with van der Waals surface area (Å²) in [5.74, 6) is -1.13. The summed E-state index contributed by atoms with van der Waals surface area (Å²) >= 11 is 0. The lowest BCUT2D eigenvalue weighted by Gasteiger charge is -2.08. The SMILES string of the molecule is COc1ccc(C(=O)OCC(=O)c2ccc3c(c2)-c2ccccc2C3)cc1[N+](=O)[O-]. The van der Waals surface area contributed by atoms with E-state index in [1.54, 1.807) is 6.07 Å². The largest absolute Gasteiger partial charge is 0.490 e. The summed E-state index contributed by atoms with van der Waals surface area (Å²) in [5.41, 5.74) is 4.53. The van der Waals surface area contributed by atoms with E-state index in [0.29, 0.717) is 5.56 Å². The first-order valence-electron chi connectivity index (χ1n) is 9.22. The van der Waals surface area contributed by atoms with Gasteiger partial charge in [0.25, 0.3) is 0 Å². The number of rotatable bonds is 6. The number of nitro groups is 1. The highest BCUT2D eigenvalue weighted by Crippen LogP contribution is 2.37. The second kappa shape index (κ2) is 7.79. The van der Waals surface area contributed by atoms with Crippen LogP contribution in [0.25, 0.3) is 11.1 Å². The van der Waals surface area contributed by atoms with Crippen LogP contribution in [0.15, 0.2) is 60.7 Å². The molecule has 1 aliphatic carbocycles. The lowest BCUT2D eigenvalue weighted by atomic mass is 10.0. The van der Waals surface area contributed by atoms with Crippen molar-refractivity contribution in [2.45, 2.75) is 6.42 Å². The van der Waals surface area contributed by atoms with Crippen LogP contribution < -0.4 is 4.74 Å². The maximum Gasteiger partial charge on any atom is 0.338 e. The molecule has 1 aliphatic rings. The van der Waals surface area contributed by atoms with E-state index in [1.165, 1.54) is 24.8 Å². The maximum atomic E-state index is 12.6. The second-order valence-corrected chi connectivity index (χ2v) is 6.85. The number of carbonyl (C=O) groups is 2. The summed E-state index contributed by atoms with van der Waals surface area (Å²) in [5, 5.41) is 11.1. The molecule has 0 saturated carbocycles. The van der Waals surface area contributed by atoms with Gasteiger partial charge in [0.1, 0.15) is 0 Å². The summed E-state index contributed by atoms with van der Waals surface area (Å²) < 4.78 is 10.0. The van der Waals surface area contributed by atoms with Crippen LogP contribution in [0.5, 0.6) is 5.75 Å². The minimum absolute atomic E-state index is 0.0295. The number of carbonyl (C=O) groups excluding carboxylic acids is 2. The van der Waals surface area contributed by atoms with E-state index in [0.717, 1.165) is 29.2 Å².